The Hall–Kier alpha value is -1.73. The third-order valence-electron chi connectivity index (χ3n) is 2.59. The van der Waals surface area contributed by atoms with Gasteiger partial charge in [-0.15, -0.1) is 0 Å². The molecular weight excluding hydrogens is 297 g/mol. The molecule has 9 heteroatoms. The second kappa shape index (κ2) is 4.75. The molecule has 1 atom stereocenters. The highest BCUT2D eigenvalue weighted by molar-refractivity contribution is 6.40. The molecule has 0 N–H and O–H groups in total. The average Bonchev–Trinajstić information content (AvgIpc) is 2.61. The molecule has 1 aliphatic heterocycles. The lowest BCUT2D eigenvalue weighted by atomic mass is 10.3. The summed E-state index contributed by atoms with van der Waals surface area (Å²) in [7, 11) is 1.15. The summed E-state index contributed by atoms with van der Waals surface area (Å²) in [6.45, 7) is 1.36. The maximum Gasteiger partial charge on any atom is 0.328 e. The summed E-state index contributed by atoms with van der Waals surface area (Å²) < 4.78 is 4.49. The minimum atomic E-state index is -1.08. The predicted octanol–water partition coefficient (Wildman–Crippen LogP) is 0.941. The van der Waals surface area contributed by atoms with Gasteiger partial charge in [0.25, 0.3) is 11.8 Å². The van der Waals surface area contributed by atoms with Crippen molar-refractivity contribution in [2.45, 2.75) is 13.0 Å². The molecule has 19 heavy (non-hydrogen) atoms. The van der Waals surface area contributed by atoms with Gasteiger partial charge in [-0.05, 0) is 6.92 Å². The fourth-order valence-electron chi connectivity index (χ4n) is 1.64. The van der Waals surface area contributed by atoms with Gasteiger partial charge in [0.15, 0.2) is 21.7 Å². The van der Waals surface area contributed by atoms with Crippen molar-refractivity contribution >= 4 is 41.0 Å². The number of hydrogen-bond acceptors (Lipinski definition) is 6. The number of aromatic nitrogens is 2. The minimum Gasteiger partial charge on any atom is -0.467 e. The fourth-order valence-corrected chi connectivity index (χ4v) is 1.89. The third-order valence-corrected chi connectivity index (χ3v) is 3.21. The van der Waals surface area contributed by atoms with Gasteiger partial charge in [0.1, 0.15) is 6.04 Å². The van der Waals surface area contributed by atoms with Crippen LogP contribution >= 0.6 is 23.2 Å². The van der Waals surface area contributed by atoms with Crippen LogP contribution in [0.5, 0.6) is 0 Å². The molecule has 0 aliphatic carbocycles. The summed E-state index contributed by atoms with van der Waals surface area (Å²) in [5.41, 5.74) is -0.453. The Kier molecular flexibility index (Phi) is 3.42. The number of amides is 2. The lowest BCUT2D eigenvalue weighted by Crippen LogP contribution is -2.43. The van der Waals surface area contributed by atoms with E-state index in [1.54, 1.807) is 0 Å². The lowest BCUT2D eigenvalue weighted by molar-refractivity contribution is -0.144. The maximum atomic E-state index is 12.0. The molecule has 0 radical (unpaired) electrons. The monoisotopic (exact) mass is 303 g/mol. The first-order valence-corrected chi connectivity index (χ1v) is 5.82. The summed E-state index contributed by atoms with van der Waals surface area (Å²) in [6.07, 6.45) is 0. The zero-order chi connectivity index (χ0) is 14.3. The summed E-state index contributed by atoms with van der Waals surface area (Å²) >= 11 is 11.3. The number of ether oxygens (including phenoxy) is 1. The summed E-state index contributed by atoms with van der Waals surface area (Å²) in [4.78, 5) is 43.6. The van der Waals surface area contributed by atoms with Crippen LogP contribution in [0.3, 0.4) is 0 Å². The molecule has 2 heterocycles. The molecule has 100 valence electrons. The van der Waals surface area contributed by atoms with E-state index in [0.717, 1.165) is 7.11 Å². The van der Waals surface area contributed by atoms with Crippen LogP contribution < -0.4 is 0 Å². The van der Waals surface area contributed by atoms with Crippen molar-refractivity contribution in [2.24, 2.45) is 0 Å². The highest BCUT2D eigenvalue weighted by Crippen LogP contribution is 2.26. The third kappa shape index (κ3) is 2.04. The van der Waals surface area contributed by atoms with Crippen molar-refractivity contribution in [3.8, 4) is 0 Å². The number of fused-ring (bicyclic) bond motifs is 1. The molecule has 0 bridgehead atoms. The quantitative estimate of drug-likeness (QED) is 0.596. The summed E-state index contributed by atoms with van der Waals surface area (Å²) in [5, 5.41) is -0.372. The standard InChI is InChI=1S/C10H7Cl2N3O4/c1-3(10(18)19-2)15-8(16)4-5(9(15)17)14-7(12)6(11)13-4/h3H,1-2H3/t3-/m0/s1. The zero-order valence-electron chi connectivity index (χ0n) is 9.81. The van der Waals surface area contributed by atoms with Crippen LogP contribution in [-0.4, -0.2) is 45.8 Å². The van der Waals surface area contributed by atoms with Crippen LogP contribution in [0.1, 0.15) is 27.9 Å². The van der Waals surface area contributed by atoms with E-state index in [1.807, 2.05) is 0 Å². The van der Waals surface area contributed by atoms with Crippen molar-refractivity contribution in [1.82, 2.24) is 14.9 Å². The van der Waals surface area contributed by atoms with Crippen molar-refractivity contribution in [3.05, 3.63) is 21.7 Å². The van der Waals surface area contributed by atoms with Gasteiger partial charge >= 0.3 is 5.97 Å². The largest absolute Gasteiger partial charge is 0.467 e. The van der Waals surface area contributed by atoms with Gasteiger partial charge in [-0.3, -0.25) is 14.5 Å². The fraction of sp³-hybridized carbons (Fsp3) is 0.300. The topological polar surface area (TPSA) is 89.5 Å². The maximum absolute atomic E-state index is 12.0. The Morgan fingerprint density at radius 1 is 1.16 bits per heavy atom. The first-order valence-electron chi connectivity index (χ1n) is 5.07. The predicted molar refractivity (Wildman–Crippen MR) is 64.0 cm³/mol. The number of halogens is 2. The average molecular weight is 304 g/mol. The Morgan fingerprint density at radius 3 is 1.95 bits per heavy atom. The number of imide groups is 1. The molecule has 2 amide bonds. The highest BCUT2D eigenvalue weighted by Gasteiger charge is 2.44. The van der Waals surface area contributed by atoms with E-state index in [-0.39, 0.29) is 21.7 Å². The Bertz CT molecular complexity index is 564. The number of rotatable bonds is 2. The van der Waals surface area contributed by atoms with Crippen molar-refractivity contribution < 1.29 is 19.1 Å². The van der Waals surface area contributed by atoms with Crippen LogP contribution in [0.15, 0.2) is 0 Å². The van der Waals surface area contributed by atoms with E-state index in [4.69, 9.17) is 23.2 Å². The van der Waals surface area contributed by atoms with E-state index >= 15 is 0 Å². The minimum absolute atomic E-state index is 0.186. The summed E-state index contributed by atoms with van der Waals surface area (Å²) in [6, 6.07) is -1.08. The molecule has 7 nitrogen and oxygen atoms in total. The van der Waals surface area contributed by atoms with Crippen LogP contribution in [-0.2, 0) is 9.53 Å². The summed E-state index contributed by atoms with van der Waals surface area (Å²) in [5.74, 6) is -2.25. The first-order chi connectivity index (χ1) is 8.88. The number of carbonyl (C=O) groups excluding carboxylic acids is 3. The van der Waals surface area contributed by atoms with Crippen molar-refractivity contribution in [1.29, 1.82) is 0 Å². The van der Waals surface area contributed by atoms with Crippen LogP contribution in [0.2, 0.25) is 10.3 Å². The Morgan fingerprint density at radius 2 is 1.58 bits per heavy atom. The molecule has 1 aromatic heterocycles. The molecule has 0 spiro atoms. The van der Waals surface area contributed by atoms with Crippen LogP contribution in [0.25, 0.3) is 0 Å². The lowest BCUT2D eigenvalue weighted by Gasteiger charge is -2.19. The van der Waals surface area contributed by atoms with E-state index in [9.17, 15) is 14.4 Å². The Balaban J connectivity index is 2.47. The van der Waals surface area contributed by atoms with E-state index in [0.29, 0.717) is 4.90 Å². The SMILES string of the molecule is COC(=O)[C@H](C)N1C(=O)c2nc(Cl)c(Cl)nc2C1=O. The molecular formula is C10H7Cl2N3O4. The molecule has 2 rings (SSSR count). The molecule has 0 aromatic carbocycles. The van der Waals surface area contributed by atoms with E-state index < -0.39 is 23.8 Å². The smallest absolute Gasteiger partial charge is 0.328 e. The van der Waals surface area contributed by atoms with Crippen molar-refractivity contribution in [2.75, 3.05) is 7.11 Å². The second-order valence-electron chi connectivity index (χ2n) is 3.68. The van der Waals surface area contributed by atoms with Gasteiger partial charge in [0.2, 0.25) is 0 Å². The molecule has 1 aliphatic rings. The zero-order valence-corrected chi connectivity index (χ0v) is 11.3. The van der Waals surface area contributed by atoms with E-state index in [2.05, 4.69) is 14.7 Å². The molecule has 0 fully saturated rings. The van der Waals surface area contributed by atoms with Gasteiger partial charge in [0.05, 0.1) is 7.11 Å². The van der Waals surface area contributed by atoms with Gasteiger partial charge < -0.3 is 4.74 Å². The molecule has 0 saturated carbocycles. The molecule has 0 unspecified atom stereocenters. The van der Waals surface area contributed by atoms with E-state index in [1.165, 1.54) is 6.92 Å². The molecule has 0 saturated heterocycles. The highest BCUT2D eigenvalue weighted by atomic mass is 35.5. The van der Waals surface area contributed by atoms with Crippen LogP contribution in [0.4, 0.5) is 0 Å². The first kappa shape index (κ1) is 13.7. The van der Waals surface area contributed by atoms with Gasteiger partial charge in [-0.1, -0.05) is 23.2 Å². The Labute approximate surface area is 117 Å². The van der Waals surface area contributed by atoms with Crippen LogP contribution in [0, 0.1) is 0 Å². The van der Waals surface area contributed by atoms with Gasteiger partial charge in [-0.25, -0.2) is 14.8 Å². The van der Waals surface area contributed by atoms with Gasteiger partial charge in [-0.2, -0.15) is 0 Å². The molecule has 1 aromatic rings. The van der Waals surface area contributed by atoms with Crippen molar-refractivity contribution in [3.63, 3.8) is 0 Å². The number of nitrogens with zero attached hydrogens (tertiary/aromatic N) is 3. The number of methoxy groups -OCH3 is 1. The number of carbonyl (C=O) groups is 3. The van der Waals surface area contributed by atoms with Gasteiger partial charge in [0, 0.05) is 0 Å². The second-order valence-corrected chi connectivity index (χ2v) is 4.40. The number of esters is 1. The normalized spacial score (nSPS) is 15.5. The number of hydrogen-bond donors (Lipinski definition) is 0.